The van der Waals surface area contributed by atoms with Crippen molar-refractivity contribution in [3.05, 3.63) is 59.4 Å². The maximum atomic E-state index is 11.7. The second-order valence-electron chi connectivity index (χ2n) is 4.25. The number of nitrogens with zero attached hydrogens (tertiary/aromatic N) is 1. The molecule has 0 saturated carbocycles. The average molecular weight is 272 g/mol. The van der Waals surface area contributed by atoms with Crippen molar-refractivity contribution in [3.8, 4) is 5.88 Å². The van der Waals surface area contributed by atoms with Crippen LogP contribution in [0, 0.1) is 5.21 Å². The molecule has 0 fully saturated rings. The van der Waals surface area contributed by atoms with E-state index in [4.69, 9.17) is 4.74 Å². The second-order valence-corrected chi connectivity index (χ2v) is 4.25. The van der Waals surface area contributed by atoms with Gasteiger partial charge >= 0.3 is 5.88 Å². The van der Waals surface area contributed by atoms with Gasteiger partial charge in [-0.15, -0.1) is 4.73 Å². The molecule has 0 spiro atoms. The van der Waals surface area contributed by atoms with Gasteiger partial charge in [0.15, 0.2) is 12.8 Å². The molecule has 1 heterocycles. The first-order chi connectivity index (χ1) is 9.69. The van der Waals surface area contributed by atoms with Crippen molar-refractivity contribution in [1.82, 2.24) is 0 Å². The largest absolute Gasteiger partial charge is 0.616 e. The normalized spacial score (nSPS) is 10.1. The SMILES string of the molecule is CCc1ccc(NC(=O)COc2cccc[n+]2[O-])cc1. The van der Waals surface area contributed by atoms with E-state index in [0.717, 1.165) is 6.42 Å². The zero-order chi connectivity index (χ0) is 14.4. The Morgan fingerprint density at radius 2 is 2.00 bits per heavy atom. The highest BCUT2D eigenvalue weighted by Crippen LogP contribution is 2.10. The summed E-state index contributed by atoms with van der Waals surface area (Å²) in [6, 6.07) is 12.4. The lowest BCUT2D eigenvalue weighted by molar-refractivity contribution is -0.612. The van der Waals surface area contributed by atoms with E-state index in [9.17, 15) is 10.0 Å². The Balaban J connectivity index is 1.87. The molecule has 20 heavy (non-hydrogen) atoms. The van der Waals surface area contributed by atoms with Crippen LogP contribution in [-0.4, -0.2) is 12.5 Å². The quantitative estimate of drug-likeness (QED) is 0.668. The van der Waals surface area contributed by atoms with Gasteiger partial charge in [0.25, 0.3) is 5.91 Å². The average Bonchev–Trinajstić information content (AvgIpc) is 2.47. The van der Waals surface area contributed by atoms with E-state index in [1.807, 2.05) is 24.3 Å². The van der Waals surface area contributed by atoms with Crippen LogP contribution in [0.4, 0.5) is 5.69 Å². The lowest BCUT2D eigenvalue weighted by Crippen LogP contribution is -2.30. The Labute approximate surface area is 117 Å². The van der Waals surface area contributed by atoms with Gasteiger partial charge in [-0.3, -0.25) is 4.79 Å². The van der Waals surface area contributed by atoms with E-state index in [2.05, 4.69) is 12.2 Å². The van der Waals surface area contributed by atoms with Crippen LogP contribution in [0.1, 0.15) is 12.5 Å². The van der Waals surface area contributed by atoms with E-state index >= 15 is 0 Å². The third-order valence-corrected chi connectivity index (χ3v) is 2.79. The molecule has 0 bridgehead atoms. The van der Waals surface area contributed by atoms with Gasteiger partial charge in [0.1, 0.15) is 0 Å². The monoisotopic (exact) mass is 272 g/mol. The van der Waals surface area contributed by atoms with Crippen molar-refractivity contribution in [1.29, 1.82) is 0 Å². The highest BCUT2D eigenvalue weighted by molar-refractivity contribution is 5.91. The number of anilines is 1. The molecule has 1 amide bonds. The molecule has 1 N–H and O–H groups in total. The topological polar surface area (TPSA) is 65.3 Å². The molecule has 0 atom stereocenters. The third kappa shape index (κ3) is 3.71. The predicted octanol–water partition coefficient (Wildman–Crippen LogP) is 1.90. The van der Waals surface area contributed by atoms with Gasteiger partial charge in [0, 0.05) is 11.8 Å². The van der Waals surface area contributed by atoms with Crippen molar-refractivity contribution < 1.29 is 14.3 Å². The van der Waals surface area contributed by atoms with Crippen LogP contribution >= 0.6 is 0 Å². The molecular weight excluding hydrogens is 256 g/mol. The van der Waals surface area contributed by atoms with E-state index in [0.29, 0.717) is 10.4 Å². The molecule has 2 aromatic rings. The summed E-state index contributed by atoms with van der Waals surface area (Å²) in [5.41, 5.74) is 1.91. The van der Waals surface area contributed by atoms with Gasteiger partial charge in [-0.1, -0.05) is 19.1 Å². The van der Waals surface area contributed by atoms with Gasteiger partial charge in [-0.25, -0.2) is 0 Å². The Bertz CT molecular complexity index is 582. The van der Waals surface area contributed by atoms with Crippen LogP contribution in [0.15, 0.2) is 48.7 Å². The number of aryl methyl sites for hydroxylation is 1. The minimum Gasteiger partial charge on any atom is -0.616 e. The van der Waals surface area contributed by atoms with Crippen LogP contribution < -0.4 is 14.8 Å². The summed E-state index contributed by atoms with van der Waals surface area (Å²) in [6.45, 7) is 1.86. The summed E-state index contributed by atoms with van der Waals surface area (Å²) in [6.07, 6.45) is 2.27. The lowest BCUT2D eigenvalue weighted by Gasteiger charge is -2.07. The van der Waals surface area contributed by atoms with Crippen LogP contribution in [0.25, 0.3) is 0 Å². The van der Waals surface area contributed by atoms with E-state index in [1.165, 1.54) is 17.8 Å². The summed E-state index contributed by atoms with van der Waals surface area (Å²) < 4.78 is 5.73. The van der Waals surface area contributed by atoms with Gasteiger partial charge in [0.2, 0.25) is 0 Å². The predicted molar refractivity (Wildman–Crippen MR) is 75.3 cm³/mol. The summed E-state index contributed by atoms with van der Waals surface area (Å²) in [4.78, 5) is 11.7. The molecule has 5 nitrogen and oxygen atoms in total. The molecule has 0 saturated heterocycles. The number of ether oxygens (including phenoxy) is 1. The lowest BCUT2D eigenvalue weighted by atomic mass is 10.1. The van der Waals surface area contributed by atoms with Crippen molar-refractivity contribution in [3.63, 3.8) is 0 Å². The minimum absolute atomic E-state index is 0.101. The van der Waals surface area contributed by atoms with E-state index in [1.54, 1.807) is 12.1 Å². The first kappa shape index (κ1) is 13.9. The van der Waals surface area contributed by atoms with Gasteiger partial charge in [-0.05, 0) is 30.2 Å². The molecule has 0 aliphatic heterocycles. The Hall–Kier alpha value is -2.56. The number of nitrogens with one attached hydrogen (secondary N) is 1. The molecular formula is C15H16N2O3. The minimum atomic E-state index is -0.307. The number of hydrogen-bond acceptors (Lipinski definition) is 3. The fourth-order valence-electron chi connectivity index (χ4n) is 1.68. The standard InChI is InChI=1S/C15H16N2O3/c1-2-12-6-8-13(9-7-12)16-14(18)11-20-15-5-3-4-10-17(15)19/h3-10H,2,11H2,1H3,(H,16,18). The summed E-state index contributed by atoms with van der Waals surface area (Å²) in [5, 5.41) is 14.0. The van der Waals surface area contributed by atoms with Gasteiger partial charge in [0.05, 0.1) is 6.07 Å². The number of benzene rings is 1. The van der Waals surface area contributed by atoms with E-state index < -0.39 is 0 Å². The molecule has 1 aromatic carbocycles. The number of hydrogen-bond donors (Lipinski definition) is 1. The van der Waals surface area contributed by atoms with Crippen molar-refractivity contribution >= 4 is 11.6 Å². The van der Waals surface area contributed by atoms with Crippen LogP contribution in [0.2, 0.25) is 0 Å². The molecule has 0 aliphatic carbocycles. The summed E-state index contributed by atoms with van der Waals surface area (Å²) in [5.74, 6) is -0.206. The Morgan fingerprint density at radius 1 is 1.25 bits per heavy atom. The number of amides is 1. The van der Waals surface area contributed by atoms with E-state index in [-0.39, 0.29) is 18.4 Å². The zero-order valence-electron chi connectivity index (χ0n) is 11.2. The number of carbonyl (C=O) groups excluding carboxylic acids is 1. The molecule has 1 aromatic heterocycles. The Kier molecular flexibility index (Phi) is 4.55. The van der Waals surface area contributed by atoms with Crippen LogP contribution in [0.3, 0.4) is 0 Å². The maximum Gasteiger partial charge on any atom is 0.379 e. The van der Waals surface area contributed by atoms with Crippen LogP contribution in [0.5, 0.6) is 5.88 Å². The summed E-state index contributed by atoms with van der Waals surface area (Å²) in [7, 11) is 0. The first-order valence-corrected chi connectivity index (χ1v) is 6.39. The highest BCUT2D eigenvalue weighted by Gasteiger charge is 2.08. The fourth-order valence-corrected chi connectivity index (χ4v) is 1.68. The second kappa shape index (κ2) is 6.56. The Morgan fingerprint density at radius 3 is 2.65 bits per heavy atom. The number of aromatic nitrogens is 1. The van der Waals surface area contributed by atoms with Gasteiger partial charge in [-0.2, -0.15) is 0 Å². The highest BCUT2D eigenvalue weighted by atomic mass is 16.6. The zero-order valence-corrected chi connectivity index (χ0v) is 11.2. The molecule has 2 rings (SSSR count). The molecule has 0 aliphatic rings. The summed E-state index contributed by atoms with van der Waals surface area (Å²) >= 11 is 0. The smallest absolute Gasteiger partial charge is 0.379 e. The van der Waals surface area contributed by atoms with Crippen molar-refractivity contribution in [2.45, 2.75) is 13.3 Å². The van der Waals surface area contributed by atoms with Crippen molar-refractivity contribution in [2.24, 2.45) is 0 Å². The fraction of sp³-hybridized carbons (Fsp3) is 0.200. The molecule has 0 unspecified atom stereocenters. The number of rotatable bonds is 5. The number of carbonyl (C=O) groups is 1. The molecule has 5 heteroatoms. The van der Waals surface area contributed by atoms with Gasteiger partial charge < -0.3 is 15.3 Å². The first-order valence-electron chi connectivity index (χ1n) is 6.39. The third-order valence-electron chi connectivity index (χ3n) is 2.79. The maximum absolute atomic E-state index is 11.7. The molecule has 0 radical (unpaired) electrons. The van der Waals surface area contributed by atoms with Crippen molar-refractivity contribution in [2.75, 3.05) is 11.9 Å². The van der Waals surface area contributed by atoms with Crippen LogP contribution in [-0.2, 0) is 11.2 Å². The molecule has 104 valence electrons. The number of pyridine rings is 1.